The van der Waals surface area contributed by atoms with Crippen LogP contribution >= 0.6 is 11.3 Å². The van der Waals surface area contributed by atoms with Gasteiger partial charge in [0.15, 0.2) is 5.13 Å². The molecule has 3 rings (SSSR count). The first kappa shape index (κ1) is 19.0. The van der Waals surface area contributed by atoms with Crippen molar-refractivity contribution >= 4 is 40.1 Å². The van der Waals surface area contributed by atoms with Gasteiger partial charge in [-0.2, -0.15) is 5.26 Å². The fourth-order valence-electron chi connectivity index (χ4n) is 2.36. The number of rotatable bonds is 5. The fraction of sp³-hybridized carbons (Fsp3) is 0.0476. The molecule has 0 aliphatic rings. The van der Waals surface area contributed by atoms with Gasteiger partial charge in [0.25, 0.3) is 0 Å². The van der Waals surface area contributed by atoms with E-state index in [9.17, 15) is 9.59 Å². The zero-order valence-corrected chi connectivity index (χ0v) is 15.7. The molecule has 0 atom stereocenters. The molecule has 138 valence electrons. The molecule has 28 heavy (non-hydrogen) atoms. The molecule has 0 bridgehead atoms. The molecular formula is C21H15N3O3S. The van der Waals surface area contributed by atoms with Crippen LogP contribution in [0.3, 0.4) is 0 Å². The number of hydrogen-bond acceptors (Lipinski definition) is 6. The molecular weight excluding hydrogens is 374 g/mol. The Labute approximate surface area is 165 Å². The van der Waals surface area contributed by atoms with Crippen LogP contribution in [-0.2, 0) is 9.59 Å². The van der Waals surface area contributed by atoms with E-state index in [2.05, 4.69) is 4.98 Å². The number of benzene rings is 2. The van der Waals surface area contributed by atoms with Crippen LogP contribution in [0.4, 0.5) is 10.8 Å². The van der Waals surface area contributed by atoms with Gasteiger partial charge in [-0.15, -0.1) is 11.3 Å². The number of aromatic nitrogens is 1. The first-order valence-electron chi connectivity index (χ1n) is 8.28. The number of para-hydroxylation sites is 1. The summed E-state index contributed by atoms with van der Waals surface area (Å²) >= 11 is 1.30. The maximum atomic E-state index is 12.0. The second-order valence-corrected chi connectivity index (χ2v) is 6.47. The molecule has 0 N–H and O–H groups in total. The average Bonchev–Trinajstić information content (AvgIpc) is 3.16. The molecule has 0 saturated carbocycles. The quantitative estimate of drug-likeness (QED) is 0.369. The standard InChI is InChI=1S/C21H15N3O3S/c1-15(25)24(18-5-3-2-4-6-18)21-23-17(14-28-21)9-12-20(26)27-19-10-7-16(13-22)8-11-19/h2-12,14H,1H3. The highest BCUT2D eigenvalue weighted by Crippen LogP contribution is 2.29. The molecule has 0 fully saturated rings. The lowest BCUT2D eigenvalue weighted by Crippen LogP contribution is -2.22. The number of carbonyl (C=O) groups excluding carboxylic acids is 2. The topological polar surface area (TPSA) is 83.3 Å². The van der Waals surface area contributed by atoms with Gasteiger partial charge in [0, 0.05) is 18.4 Å². The van der Waals surface area contributed by atoms with E-state index in [-0.39, 0.29) is 5.91 Å². The highest BCUT2D eigenvalue weighted by Gasteiger charge is 2.17. The van der Waals surface area contributed by atoms with Crippen molar-refractivity contribution in [2.24, 2.45) is 0 Å². The minimum atomic E-state index is -0.564. The lowest BCUT2D eigenvalue weighted by atomic mass is 10.2. The van der Waals surface area contributed by atoms with Crippen LogP contribution in [0.5, 0.6) is 5.75 Å². The number of nitriles is 1. The Morgan fingerprint density at radius 1 is 1.14 bits per heavy atom. The summed E-state index contributed by atoms with van der Waals surface area (Å²) in [6.45, 7) is 1.47. The normalized spacial score (nSPS) is 10.4. The van der Waals surface area contributed by atoms with Crippen molar-refractivity contribution < 1.29 is 14.3 Å². The number of nitrogens with zero attached hydrogens (tertiary/aromatic N) is 3. The third-order valence-electron chi connectivity index (χ3n) is 3.62. The van der Waals surface area contributed by atoms with Crippen molar-refractivity contribution in [3.8, 4) is 11.8 Å². The Hall–Kier alpha value is -3.76. The SMILES string of the molecule is CC(=O)N(c1ccccc1)c1nc(C=CC(=O)Oc2ccc(C#N)cc2)cs1. The van der Waals surface area contributed by atoms with E-state index in [4.69, 9.17) is 10.00 Å². The summed E-state index contributed by atoms with van der Waals surface area (Å²) in [5, 5.41) is 11.0. The van der Waals surface area contributed by atoms with Gasteiger partial charge < -0.3 is 4.74 Å². The molecule has 1 heterocycles. The van der Waals surface area contributed by atoms with Crippen LogP contribution in [-0.4, -0.2) is 16.9 Å². The number of esters is 1. The lowest BCUT2D eigenvalue weighted by Gasteiger charge is -2.17. The van der Waals surface area contributed by atoms with Crippen LogP contribution < -0.4 is 9.64 Å². The maximum Gasteiger partial charge on any atom is 0.336 e. The van der Waals surface area contributed by atoms with Crippen LogP contribution in [0, 0.1) is 11.3 Å². The number of thiazole rings is 1. The van der Waals surface area contributed by atoms with Gasteiger partial charge in [0.2, 0.25) is 5.91 Å². The van der Waals surface area contributed by atoms with Crippen molar-refractivity contribution in [2.45, 2.75) is 6.92 Å². The minimum absolute atomic E-state index is 0.156. The molecule has 2 aromatic carbocycles. The van der Waals surface area contributed by atoms with Gasteiger partial charge in [0.1, 0.15) is 5.75 Å². The van der Waals surface area contributed by atoms with Gasteiger partial charge in [-0.3, -0.25) is 9.69 Å². The molecule has 1 amide bonds. The summed E-state index contributed by atoms with van der Waals surface area (Å²) in [5.74, 6) is -0.374. The van der Waals surface area contributed by atoms with Crippen LogP contribution in [0.1, 0.15) is 18.2 Å². The van der Waals surface area contributed by atoms with Gasteiger partial charge in [0.05, 0.1) is 23.0 Å². The molecule has 3 aromatic rings. The molecule has 0 spiro atoms. The smallest absolute Gasteiger partial charge is 0.336 e. The Kier molecular flexibility index (Phi) is 5.94. The number of amides is 1. The highest BCUT2D eigenvalue weighted by molar-refractivity contribution is 7.14. The number of ether oxygens (including phenoxy) is 1. The lowest BCUT2D eigenvalue weighted by molar-refractivity contribution is -0.128. The summed E-state index contributed by atoms with van der Waals surface area (Å²) < 4.78 is 5.17. The van der Waals surface area contributed by atoms with E-state index in [1.54, 1.807) is 29.6 Å². The van der Waals surface area contributed by atoms with Crippen LogP contribution in [0.25, 0.3) is 6.08 Å². The van der Waals surface area contributed by atoms with Gasteiger partial charge in [-0.25, -0.2) is 9.78 Å². The zero-order valence-electron chi connectivity index (χ0n) is 14.9. The average molecular weight is 389 g/mol. The van der Waals surface area contributed by atoms with Gasteiger partial charge in [-0.05, 0) is 42.5 Å². The van der Waals surface area contributed by atoms with Crippen molar-refractivity contribution in [1.82, 2.24) is 4.98 Å². The minimum Gasteiger partial charge on any atom is -0.423 e. The number of hydrogen-bond donors (Lipinski definition) is 0. The molecule has 0 radical (unpaired) electrons. The van der Waals surface area contributed by atoms with E-state index in [1.165, 1.54) is 35.3 Å². The first-order valence-corrected chi connectivity index (χ1v) is 9.16. The third-order valence-corrected chi connectivity index (χ3v) is 4.47. The predicted octanol–water partition coefficient (Wildman–Crippen LogP) is 4.32. The summed E-state index contributed by atoms with van der Waals surface area (Å²) in [6.07, 6.45) is 2.78. The molecule has 1 aromatic heterocycles. The number of carbonyl (C=O) groups is 2. The van der Waals surface area contributed by atoms with Gasteiger partial charge in [-0.1, -0.05) is 18.2 Å². The van der Waals surface area contributed by atoms with Gasteiger partial charge >= 0.3 is 5.97 Å². The molecule has 0 aliphatic carbocycles. The fourth-order valence-corrected chi connectivity index (χ4v) is 3.22. The highest BCUT2D eigenvalue weighted by atomic mass is 32.1. The second-order valence-electron chi connectivity index (χ2n) is 5.64. The summed E-state index contributed by atoms with van der Waals surface area (Å²) in [4.78, 5) is 29.9. The molecule has 0 unspecified atom stereocenters. The summed E-state index contributed by atoms with van der Waals surface area (Å²) in [5.41, 5.74) is 1.75. The van der Waals surface area contributed by atoms with E-state index >= 15 is 0 Å². The van der Waals surface area contributed by atoms with Crippen molar-refractivity contribution in [2.75, 3.05) is 4.90 Å². The Balaban J connectivity index is 1.70. The van der Waals surface area contributed by atoms with Crippen molar-refractivity contribution in [3.05, 3.63) is 77.3 Å². The summed E-state index contributed by atoms with van der Waals surface area (Å²) in [6, 6.07) is 17.5. The van der Waals surface area contributed by atoms with E-state index in [1.807, 2.05) is 36.4 Å². The van der Waals surface area contributed by atoms with Crippen LogP contribution in [0.2, 0.25) is 0 Å². The van der Waals surface area contributed by atoms with Crippen LogP contribution in [0.15, 0.2) is 66.1 Å². The Morgan fingerprint density at radius 3 is 2.50 bits per heavy atom. The Morgan fingerprint density at radius 2 is 1.86 bits per heavy atom. The summed E-state index contributed by atoms with van der Waals surface area (Å²) in [7, 11) is 0. The van der Waals surface area contributed by atoms with Crippen molar-refractivity contribution in [3.63, 3.8) is 0 Å². The molecule has 0 saturated heterocycles. The Bertz CT molecular complexity index is 1050. The third kappa shape index (κ3) is 4.69. The molecule has 6 nitrogen and oxygen atoms in total. The first-order chi connectivity index (χ1) is 13.6. The van der Waals surface area contributed by atoms with E-state index < -0.39 is 5.97 Å². The zero-order chi connectivity index (χ0) is 19.9. The molecule has 7 heteroatoms. The molecule has 0 aliphatic heterocycles. The largest absolute Gasteiger partial charge is 0.423 e. The predicted molar refractivity (Wildman–Crippen MR) is 107 cm³/mol. The number of anilines is 2. The monoisotopic (exact) mass is 389 g/mol. The van der Waals surface area contributed by atoms with E-state index in [0.29, 0.717) is 22.1 Å². The van der Waals surface area contributed by atoms with Crippen molar-refractivity contribution in [1.29, 1.82) is 5.26 Å². The maximum absolute atomic E-state index is 12.0. The second kappa shape index (κ2) is 8.75. The van der Waals surface area contributed by atoms with E-state index in [0.717, 1.165) is 5.69 Å².